The molecule has 1 aromatic rings. The zero-order valence-electron chi connectivity index (χ0n) is 15.3. The first kappa shape index (κ1) is 18.7. The Morgan fingerprint density at radius 2 is 2.15 bits per heavy atom. The van der Waals surface area contributed by atoms with E-state index in [9.17, 15) is 9.18 Å². The number of hydrogen-bond donors (Lipinski definition) is 1. The van der Waals surface area contributed by atoms with Crippen molar-refractivity contribution in [1.82, 2.24) is 20.1 Å². The van der Waals surface area contributed by atoms with Gasteiger partial charge in [0.05, 0.1) is 5.69 Å². The molecule has 2 heterocycles. The molecule has 0 aromatic carbocycles. The van der Waals surface area contributed by atoms with E-state index in [2.05, 4.69) is 15.2 Å². The molecule has 1 fully saturated rings. The van der Waals surface area contributed by atoms with Crippen LogP contribution in [0.15, 0.2) is 48.5 Å². The van der Waals surface area contributed by atoms with Gasteiger partial charge in [0.2, 0.25) is 5.91 Å². The zero-order valence-corrected chi connectivity index (χ0v) is 15.3. The van der Waals surface area contributed by atoms with Crippen LogP contribution in [0, 0.1) is 5.92 Å². The maximum atomic E-state index is 13.3. The van der Waals surface area contributed by atoms with Crippen LogP contribution in [0.25, 0.3) is 0 Å². The molecule has 1 amide bonds. The number of pyridine rings is 1. The van der Waals surface area contributed by atoms with Gasteiger partial charge in [-0.2, -0.15) is 0 Å². The quantitative estimate of drug-likeness (QED) is 0.846. The summed E-state index contributed by atoms with van der Waals surface area (Å²) in [6, 6.07) is 6.11. The third-order valence-corrected chi connectivity index (χ3v) is 5.15. The molecule has 1 N–H and O–H groups in total. The number of allylic oxidation sites excluding steroid dienone is 3. The second-order valence-corrected chi connectivity index (χ2v) is 6.96. The Labute approximate surface area is 154 Å². The number of hydrogen-bond acceptors (Lipinski definition) is 4. The van der Waals surface area contributed by atoms with E-state index >= 15 is 0 Å². The maximum Gasteiger partial charge on any atom is 0.219 e. The first-order chi connectivity index (χ1) is 12.6. The number of nitrogens with one attached hydrogen (secondary N) is 1. The second kappa shape index (κ2) is 9.05. The molecule has 2 unspecified atom stereocenters. The highest BCUT2D eigenvalue weighted by Gasteiger charge is 2.26. The lowest BCUT2D eigenvalue weighted by atomic mass is 9.91. The fourth-order valence-corrected chi connectivity index (χ4v) is 3.52. The van der Waals surface area contributed by atoms with Crippen LogP contribution in [0.4, 0.5) is 4.39 Å². The Hall–Kier alpha value is -2.05. The van der Waals surface area contributed by atoms with Gasteiger partial charge >= 0.3 is 0 Å². The Bertz CT molecular complexity index is 653. The molecule has 1 aromatic heterocycles. The molecule has 0 spiro atoms. The number of rotatable bonds is 6. The minimum Gasteiger partial charge on any atom is -0.340 e. The molecule has 0 saturated carbocycles. The lowest BCUT2D eigenvalue weighted by Gasteiger charge is -2.38. The minimum atomic E-state index is -0.153. The average molecular weight is 358 g/mol. The predicted octanol–water partition coefficient (Wildman–Crippen LogP) is 2.13. The summed E-state index contributed by atoms with van der Waals surface area (Å²) in [5.41, 5.74) is 1.00. The molecule has 2 aliphatic rings. The largest absolute Gasteiger partial charge is 0.340 e. The highest BCUT2D eigenvalue weighted by Crippen LogP contribution is 2.21. The SMILES string of the molecule is CC(=O)N1CCN(CC(NCc2ccccn2)C2C=CC(F)=CC2)CC1. The van der Waals surface area contributed by atoms with Crippen LogP contribution >= 0.6 is 0 Å². The fraction of sp³-hybridized carbons (Fsp3) is 0.500. The molecule has 1 aliphatic carbocycles. The van der Waals surface area contributed by atoms with E-state index in [1.807, 2.05) is 29.2 Å². The van der Waals surface area contributed by atoms with Crippen LogP contribution in [-0.4, -0.2) is 59.5 Å². The van der Waals surface area contributed by atoms with Crippen LogP contribution in [0.3, 0.4) is 0 Å². The summed E-state index contributed by atoms with van der Waals surface area (Å²) in [6.07, 6.45) is 7.70. The average Bonchev–Trinajstić information content (AvgIpc) is 2.67. The van der Waals surface area contributed by atoms with Gasteiger partial charge in [0, 0.05) is 58.4 Å². The topological polar surface area (TPSA) is 48.5 Å². The minimum absolute atomic E-state index is 0.144. The normalized spacial score (nSPS) is 22.2. The highest BCUT2D eigenvalue weighted by molar-refractivity contribution is 5.73. The summed E-state index contributed by atoms with van der Waals surface area (Å²) < 4.78 is 13.3. The van der Waals surface area contributed by atoms with Crippen LogP contribution in [0.2, 0.25) is 0 Å². The van der Waals surface area contributed by atoms with Crippen molar-refractivity contribution >= 4 is 5.91 Å². The summed E-state index contributed by atoms with van der Waals surface area (Å²) >= 11 is 0. The van der Waals surface area contributed by atoms with Gasteiger partial charge in [0.15, 0.2) is 0 Å². The lowest BCUT2D eigenvalue weighted by Crippen LogP contribution is -2.53. The summed E-state index contributed by atoms with van der Waals surface area (Å²) in [4.78, 5) is 20.2. The monoisotopic (exact) mass is 358 g/mol. The molecule has 1 aliphatic heterocycles. The van der Waals surface area contributed by atoms with E-state index in [0.717, 1.165) is 38.4 Å². The van der Waals surface area contributed by atoms with Crippen molar-refractivity contribution < 1.29 is 9.18 Å². The van der Waals surface area contributed by atoms with Crippen molar-refractivity contribution in [3.8, 4) is 0 Å². The Morgan fingerprint density at radius 1 is 1.35 bits per heavy atom. The maximum absolute atomic E-state index is 13.3. The van der Waals surface area contributed by atoms with Gasteiger partial charge in [-0.25, -0.2) is 4.39 Å². The van der Waals surface area contributed by atoms with Gasteiger partial charge < -0.3 is 10.2 Å². The molecular formula is C20H27FN4O. The summed E-state index contributed by atoms with van der Waals surface area (Å²) in [7, 11) is 0. The zero-order chi connectivity index (χ0) is 18.4. The van der Waals surface area contributed by atoms with Crippen LogP contribution < -0.4 is 5.32 Å². The molecule has 6 heteroatoms. The van der Waals surface area contributed by atoms with Gasteiger partial charge in [-0.1, -0.05) is 12.1 Å². The molecule has 3 rings (SSSR count). The number of aromatic nitrogens is 1. The molecule has 0 bridgehead atoms. The van der Waals surface area contributed by atoms with Gasteiger partial charge in [0.1, 0.15) is 5.83 Å². The van der Waals surface area contributed by atoms with Crippen molar-refractivity contribution in [2.75, 3.05) is 32.7 Å². The van der Waals surface area contributed by atoms with Gasteiger partial charge in [-0.15, -0.1) is 0 Å². The molecule has 140 valence electrons. The van der Waals surface area contributed by atoms with Crippen LogP contribution in [0.1, 0.15) is 19.0 Å². The number of nitrogens with zero attached hydrogens (tertiary/aromatic N) is 3. The van der Waals surface area contributed by atoms with Crippen molar-refractivity contribution in [2.24, 2.45) is 5.92 Å². The van der Waals surface area contributed by atoms with E-state index in [4.69, 9.17) is 0 Å². The molecular weight excluding hydrogens is 331 g/mol. The highest BCUT2D eigenvalue weighted by atomic mass is 19.1. The number of amides is 1. The van der Waals surface area contributed by atoms with E-state index in [0.29, 0.717) is 13.0 Å². The third-order valence-electron chi connectivity index (χ3n) is 5.15. The fourth-order valence-electron chi connectivity index (χ4n) is 3.52. The number of carbonyl (C=O) groups excluding carboxylic acids is 1. The summed E-state index contributed by atoms with van der Waals surface area (Å²) in [6.45, 7) is 6.50. The molecule has 1 saturated heterocycles. The lowest BCUT2D eigenvalue weighted by molar-refractivity contribution is -0.130. The van der Waals surface area contributed by atoms with Crippen molar-refractivity contribution in [3.63, 3.8) is 0 Å². The summed E-state index contributed by atoms with van der Waals surface area (Å²) in [5.74, 6) is 0.245. The molecule has 0 radical (unpaired) electrons. The van der Waals surface area contributed by atoms with E-state index in [1.54, 1.807) is 25.3 Å². The van der Waals surface area contributed by atoms with E-state index in [1.165, 1.54) is 0 Å². The molecule has 5 nitrogen and oxygen atoms in total. The summed E-state index contributed by atoms with van der Waals surface area (Å²) in [5, 5.41) is 3.61. The molecule has 2 atom stereocenters. The smallest absolute Gasteiger partial charge is 0.219 e. The van der Waals surface area contributed by atoms with Crippen molar-refractivity contribution in [2.45, 2.75) is 25.9 Å². The van der Waals surface area contributed by atoms with Gasteiger partial charge in [0.25, 0.3) is 0 Å². The number of carbonyl (C=O) groups is 1. The first-order valence-electron chi connectivity index (χ1n) is 9.27. The molecule has 26 heavy (non-hydrogen) atoms. The first-order valence-corrected chi connectivity index (χ1v) is 9.27. The van der Waals surface area contributed by atoms with Crippen LogP contribution in [-0.2, 0) is 11.3 Å². The Balaban J connectivity index is 1.59. The Kier molecular flexibility index (Phi) is 6.52. The van der Waals surface area contributed by atoms with Crippen molar-refractivity contribution in [1.29, 1.82) is 0 Å². The standard InChI is InChI=1S/C20H27FN4O/c1-16(26)25-12-10-24(11-13-25)15-20(17-5-7-18(21)8-6-17)23-14-19-4-2-3-9-22-19/h2-5,7-9,17,20,23H,6,10-15H2,1H3. The Morgan fingerprint density at radius 3 is 2.77 bits per heavy atom. The van der Waals surface area contributed by atoms with E-state index < -0.39 is 0 Å². The third kappa shape index (κ3) is 5.22. The number of halogens is 1. The van der Waals surface area contributed by atoms with Gasteiger partial charge in [-0.05, 0) is 36.6 Å². The predicted molar refractivity (Wildman–Crippen MR) is 100.0 cm³/mol. The second-order valence-electron chi connectivity index (χ2n) is 6.96. The van der Waals surface area contributed by atoms with Crippen molar-refractivity contribution in [3.05, 3.63) is 54.1 Å². The van der Waals surface area contributed by atoms with Gasteiger partial charge in [-0.3, -0.25) is 14.7 Å². The van der Waals surface area contributed by atoms with E-state index in [-0.39, 0.29) is 23.7 Å². The van der Waals surface area contributed by atoms with Crippen LogP contribution in [0.5, 0.6) is 0 Å². The number of piperazine rings is 1.